The van der Waals surface area contributed by atoms with Gasteiger partial charge in [-0.1, -0.05) is 23.2 Å². The summed E-state index contributed by atoms with van der Waals surface area (Å²) in [5.74, 6) is 0. The summed E-state index contributed by atoms with van der Waals surface area (Å²) >= 11 is 12.1. The first-order valence-electron chi connectivity index (χ1n) is 6.99. The van der Waals surface area contributed by atoms with Crippen LogP contribution in [0.4, 0.5) is 5.69 Å². The average molecular weight is 316 g/mol. The number of piperazine rings is 1. The fourth-order valence-electron chi connectivity index (χ4n) is 2.67. The molecular formula is C15H23Cl2N3. The third-order valence-electron chi connectivity index (χ3n) is 3.94. The third-order valence-corrected chi connectivity index (χ3v) is 4.68. The number of nitrogens with two attached hydrogens (primary N) is 1. The topological polar surface area (TPSA) is 32.5 Å². The smallest absolute Gasteiger partial charge is 0.0612 e. The van der Waals surface area contributed by atoms with Crippen LogP contribution in [0.2, 0.25) is 10.0 Å². The molecular weight excluding hydrogens is 293 g/mol. The predicted octanol–water partition coefficient (Wildman–Crippen LogP) is 3.24. The molecule has 1 heterocycles. The molecule has 0 aliphatic carbocycles. The summed E-state index contributed by atoms with van der Waals surface area (Å²) in [7, 11) is 0. The van der Waals surface area contributed by atoms with Gasteiger partial charge in [-0.05, 0) is 39.0 Å². The van der Waals surface area contributed by atoms with Crippen LogP contribution in [0.3, 0.4) is 0 Å². The lowest BCUT2D eigenvalue weighted by Crippen LogP contribution is -2.60. The number of nitrogens with zero attached hydrogens (tertiary/aromatic N) is 2. The molecule has 20 heavy (non-hydrogen) atoms. The zero-order valence-corrected chi connectivity index (χ0v) is 13.9. The van der Waals surface area contributed by atoms with Crippen molar-refractivity contribution in [3.8, 4) is 0 Å². The SMILES string of the molecule is CC(C)(C)N1CCN(c2ccc(Cl)c(Cl)c2)C(CN)C1. The van der Waals surface area contributed by atoms with Crippen molar-refractivity contribution >= 4 is 28.9 Å². The molecule has 1 unspecified atom stereocenters. The Morgan fingerprint density at radius 1 is 1.20 bits per heavy atom. The van der Waals surface area contributed by atoms with Gasteiger partial charge in [0.25, 0.3) is 0 Å². The first-order chi connectivity index (χ1) is 9.32. The maximum absolute atomic E-state index is 6.12. The molecule has 0 amide bonds. The second-order valence-electron chi connectivity index (χ2n) is 6.30. The summed E-state index contributed by atoms with van der Waals surface area (Å²) in [6.07, 6.45) is 0. The Morgan fingerprint density at radius 3 is 2.45 bits per heavy atom. The lowest BCUT2D eigenvalue weighted by atomic mass is 10.0. The first-order valence-corrected chi connectivity index (χ1v) is 7.75. The number of halogens is 2. The van der Waals surface area contributed by atoms with Gasteiger partial charge in [0.15, 0.2) is 0 Å². The summed E-state index contributed by atoms with van der Waals surface area (Å²) in [4.78, 5) is 4.82. The average Bonchev–Trinajstić information content (AvgIpc) is 2.40. The van der Waals surface area contributed by atoms with Crippen LogP contribution < -0.4 is 10.6 Å². The van der Waals surface area contributed by atoms with Crippen molar-refractivity contribution in [2.45, 2.75) is 32.4 Å². The van der Waals surface area contributed by atoms with Crippen LogP contribution in [0.15, 0.2) is 18.2 Å². The Bertz CT molecular complexity index is 471. The molecule has 2 N–H and O–H groups in total. The second-order valence-corrected chi connectivity index (χ2v) is 7.11. The van der Waals surface area contributed by atoms with Crippen molar-refractivity contribution < 1.29 is 0 Å². The Balaban J connectivity index is 2.19. The summed E-state index contributed by atoms with van der Waals surface area (Å²) < 4.78 is 0. The quantitative estimate of drug-likeness (QED) is 0.909. The highest BCUT2D eigenvalue weighted by Crippen LogP contribution is 2.30. The van der Waals surface area contributed by atoms with Crippen LogP contribution in [0.25, 0.3) is 0 Å². The minimum absolute atomic E-state index is 0.178. The maximum atomic E-state index is 6.12. The molecule has 112 valence electrons. The lowest BCUT2D eigenvalue weighted by Gasteiger charge is -2.47. The van der Waals surface area contributed by atoms with Crippen LogP contribution in [0, 0.1) is 0 Å². The molecule has 0 radical (unpaired) electrons. The van der Waals surface area contributed by atoms with Crippen LogP contribution in [-0.2, 0) is 0 Å². The van der Waals surface area contributed by atoms with Gasteiger partial charge in [0.2, 0.25) is 0 Å². The van der Waals surface area contributed by atoms with E-state index in [1.165, 1.54) is 0 Å². The molecule has 1 fully saturated rings. The van der Waals surface area contributed by atoms with E-state index in [4.69, 9.17) is 28.9 Å². The molecule has 0 bridgehead atoms. The zero-order chi connectivity index (χ0) is 14.9. The van der Waals surface area contributed by atoms with E-state index in [1.54, 1.807) is 0 Å². The van der Waals surface area contributed by atoms with Gasteiger partial charge in [0.1, 0.15) is 0 Å². The fraction of sp³-hybridized carbons (Fsp3) is 0.600. The highest BCUT2D eigenvalue weighted by atomic mass is 35.5. The van der Waals surface area contributed by atoms with Gasteiger partial charge in [-0.15, -0.1) is 0 Å². The Kier molecular flexibility index (Phi) is 4.85. The number of hydrogen-bond donors (Lipinski definition) is 1. The van der Waals surface area contributed by atoms with E-state index < -0.39 is 0 Å². The standard InChI is InChI=1S/C15H23Cl2N3/c1-15(2,3)19-6-7-20(12(9-18)10-19)11-4-5-13(16)14(17)8-11/h4-5,8,12H,6-7,9-10,18H2,1-3H3. The second kappa shape index (κ2) is 6.10. The number of rotatable bonds is 2. The largest absolute Gasteiger partial charge is 0.365 e. The van der Waals surface area contributed by atoms with Crippen LogP contribution >= 0.6 is 23.2 Å². The molecule has 3 nitrogen and oxygen atoms in total. The molecule has 0 spiro atoms. The van der Waals surface area contributed by atoms with Crippen molar-refractivity contribution in [2.24, 2.45) is 5.73 Å². The van der Waals surface area contributed by atoms with Gasteiger partial charge in [-0.25, -0.2) is 0 Å². The normalized spacial score (nSPS) is 21.3. The zero-order valence-electron chi connectivity index (χ0n) is 12.4. The highest BCUT2D eigenvalue weighted by molar-refractivity contribution is 6.42. The fourth-order valence-corrected chi connectivity index (χ4v) is 2.96. The molecule has 1 saturated heterocycles. The van der Waals surface area contributed by atoms with E-state index in [9.17, 15) is 0 Å². The van der Waals surface area contributed by atoms with Crippen molar-refractivity contribution in [3.63, 3.8) is 0 Å². The van der Waals surface area contributed by atoms with Gasteiger partial charge in [-0.2, -0.15) is 0 Å². The number of anilines is 1. The lowest BCUT2D eigenvalue weighted by molar-refractivity contribution is 0.110. The summed E-state index contributed by atoms with van der Waals surface area (Å²) in [6, 6.07) is 6.10. The molecule has 1 aromatic rings. The van der Waals surface area contributed by atoms with Crippen LogP contribution in [-0.4, -0.2) is 42.7 Å². The Labute approximate surface area is 131 Å². The van der Waals surface area contributed by atoms with E-state index >= 15 is 0 Å². The summed E-state index contributed by atoms with van der Waals surface area (Å²) in [5.41, 5.74) is 7.26. The maximum Gasteiger partial charge on any atom is 0.0612 e. The molecule has 1 aliphatic heterocycles. The molecule has 5 heteroatoms. The summed E-state index contributed by atoms with van der Waals surface area (Å²) in [5, 5.41) is 1.19. The van der Waals surface area contributed by atoms with E-state index in [-0.39, 0.29) is 5.54 Å². The van der Waals surface area contributed by atoms with Gasteiger partial charge in [0.05, 0.1) is 16.1 Å². The van der Waals surface area contributed by atoms with E-state index in [2.05, 4.69) is 30.6 Å². The minimum atomic E-state index is 0.178. The molecule has 1 atom stereocenters. The summed E-state index contributed by atoms with van der Waals surface area (Å²) in [6.45, 7) is 10.3. The van der Waals surface area contributed by atoms with Crippen LogP contribution in [0.1, 0.15) is 20.8 Å². The highest BCUT2D eigenvalue weighted by Gasteiger charge is 2.31. The number of benzene rings is 1. The molecule has 0 saturated carbocycles. The first kappa shape index (κ1) is 15.9. The van der Waals surface area contributed by atoms with Gasteiger partial charge in [0, 0.05) is 37.4 Å². The monoisotopic (exact) mass is 315 g/mol. The van der Waals surface area contributed by atoms with Gasteiger partial charge in [-0.3, -0.25) is 4.90 Å². The van der Waals surface area contributed by atoms with Crippen LogP contribution in [0.5, 0.6) is 0 Å². The van der Waals surface area contributed by atoms with Gasteiger partial charge < -0.3 is 10.6 Å². The Morgan fingerprint density at radius 2 is 1.90 bits per heavy atom. The number of hydrogen-bond acceptors (Lipinski definition) is 3. The molecule has 0 aromatic heterocycles. The predicted molar refractivity (Wildman–Crippen MR) is 88.0 cm³/mol. The van der Waals surface area contributed by atoms with E-state index in [0.717, 1.165) is 25.3 Å². The minimum Gasteiger partial charge on any atom is -0.365 e. The Hall–Kier alpha value is -0.480. The van der Waals surface area contributed by atoms with E-state index in [0.29, 0.717) is 22.6 Å². The van der Waals surface area contributed by atoms with Crippen molar-refractivity contribution in [2.75, 3.05) is 31.1 Å². The van der Waals surface area contributed by atoms with Crippen molar-refractivity contribution in [1.82, 2.24) is 4.90 Å². The molecule has 1 aromatic carbocycles. The van der Waals surface area contributed by atoms with Gasteiger partial charge >= 0.3 is 0 Å². The van der Waals surface area contributed by atoms with E-state index in [1.807, 2.05) is 18.2 Å². The molecule has 2 rings (SSSR count). The molecule has 1 aliphatic rings. The van der Waals surface area contributed by atoms with Crippen molar-refractivity contribution in [3.05, 3.63) is 28.2 Å². The van der Waals surface area contributed by atoms with Crippen molar-refractivity contribution in [1.29, 1.82) is 0 Å². The third kappa shape index (κ3) is 3.40.